The highest BCUT2D eigenvalue weighted by Gasteiger charge is 2.40. The Labute approximate surface area is 254 Å². The molecule has 0 spiro atoms. The van der Waals surface area contributed by atoms with Crippen LogP contribution in [0.15, 0.2) is 72.8 Å². The van der Waals surface area contributed by atoms with Crippen molar-refractivity contribution in [1.29, 1.82) is 0 Å². The van der Waals surface area contributed by atoms with Crippen molar-refractivity contribution in [2.75, 3.05) is 0 Å². The zero-order valence-electron chi connectivity index (χ0n) is 24.4. The number of H-pyrrole nitrogens is 4. The Morgan fingerprint density at radius 2 is 0.614 bits per heavy atom. The van der Waals surface area contributed by atoms with Gasteiger partial charge >= 0.3 is 0 Å². The molecule has 4 N–H and O–H groups in total. The van der Waals surface area contributed by atoms with E-state index in [1.807, 2.05) is 0 Å². The molecule has 4 unspecified atom stereocenters. The number of rotatable bonds is 0. The number of hydrogen-bond donors (Lipinski definition) is 4. The van der Waals surface area contributed by atoms with Gasteiger partial charge in [0, 0.05) is 67.8 Å². The lowest BCUT2D eigenvalue weighted by atomic mass is 9.64. The fourth-order valence-corrected chi connectivity index (χ4v) is 9.69. The molecule has 0 fully saturated rings. The summed E-state index contributed by atoms with van der Waals surface area (Å²) in [5.41, 5.74) is 16.6. The van der Waals surface area contributed by atoms with Gasteiger partial charge in [-0.3, -0.25) is 0 Å². The van der Waals surface area contributed by atoms with Gasteiger partial charge in [0.15, 0.2) is 0 Å². The Morgan fingerprint density at radius 1 is 0.341 bits per heavy atom. The molecule has 0 amide bonds. The molecule has 4 nitrogen and oxygen atoms in total. The molecule has 6 aromatic rings. The second-order valence-corrected chi connectivity index (χ2v) is 13.5. The van der Waals surface area contributed by atoms with Crippen LogP contribution in [0.25, 0.3) is 24.3 Å². The van der Waals surface area contributed by atoms with Gasteiger partial charge < -0.3 is 19.9 Å². The lowest BCUT2D eigenvalue weighted by Crippen LogP contribution is -2.29. The molecule has 4 aromatic heterocycles. The zero-order valence-corrected chi connectivity index (χ0v) is 24.4. The Kier molecular flexibility index (Phi) is 4.46. The third kappa shape index (κ3) is 3.08. The summed E-state index contributed by atoms with van der Waals surface area (Å²) in [5.74, 6) is 1.75. The van der Waals surface area contributed by atoms with E-state index < -0.39 is 0 Å². The standard InChI is InChI=1S/C40H32N4/c1-2-6-26-25(5-1)29-13-14-30(26)38-34-18-22-11-12-24(42-22)20-36-40-32-16-15-31(27-7-3-4-8-28(27)32)39(40)35(44-36)19-23-10-9-21(41-23)17-33(43-34)37(29)38/h1-12,17-20,29-32,41-44H,13-16H2. The first-order valence-corrected chi connectivity index (χ1v) is 16.2. The molecule has 12 bridgehead atoms. The minimum absolute atomic E-state index is 0.438. The van der Waals surface area contributed by atoms with Crippen LogP contribution in [0.3, 0.4) is 0 Å². The van der Waals surface area contributed by atoms with Gasteiger partial charge in [-0.2, -0.15) is 0 Å². The van der Waals surface area contributed by atoms with Crippen molar-refractivity contribution in [3.8, 4) is 0 Å². The van der Waals surface area contributed by atoms with Gasteiger partial charge in [-0.25, -0.2) is 0 Å². The smallest absolute Gasteiger partial charge is 0.0447 e. The fourth-order valence-electron chi connectivity index (χ4n) is 9.69. The van der Waals surface area contributed by atoms with E-state index in [0.717, 1.165) is 22.8 Å². The average molecular weight is 569 g/mol. The molecule has 5 heterocycles. The normalized spacial score (nSPS) is 22.9. The van der Waals surface area contributed by atoms with Gasteiger partial charge in [-0.1, -0.05) is 48.5 Å². The zero-order chi connectivity index (χ0) is 28.5. The second kappa shape index (κ2) is 8.35. The Bertz CT molecular complexity index is 2110. The maximum absolute atomic E-state index is 3.91. The molecule has 0 saturated carbocycles. The summed E-state index contributed by atoms with van der Waals surface area (Å²) >= 11 is 0. The summed E-state index contributed by atoms with van der Waals surface area (Å²) in [6, 6.07) is 27.2. The molecule has 1 aliphatic heterocycles. The van der Waals surface area contributed by atoms with E-state index in [9.17, 15) is 0 Å². The third-order valence-corrected chi connectivity index (χ3v) is 11.3. The van der Waals surface area contributed by atoms with Crippen molar-refractivity contribution in [3.63, 3.8) is 0 Å². The van der Waals surface area contributed by atoms with E-state index in [1.54, 1.807) is 0 Å². The van der Waals surface area contributed by atoms with E-state index in [4.69, 9.17) is 0 Å². The summed E-state index contributed by atoms with van der Waals surface area (Å²) in [5, 5.41) is 4.95. The third-order valence-electron chi connectivity index (χ3n) is 11.3. The van der Waals surface area contributed by atoms with Crippen molar-refractivity contribution in [2.24, 2.45) is 0 Å². The lowest BCUT2D eigenvalue weighted by molar-refractivity contribution is 0.519. The van der Waals surface area contributed by atoms with Crippen LogP contribution in [0.2, 0.25) is 0 Å². The number of hydrogen-bond acceptors (Lipinski definition) is 0. The highest BCUT2D eigenvalue weighted by atomic mass is 14.8. The van der Waals surface area contributed by atoms with Crippen LogP contribution in [0, 0.1) is 0 Å². The van der Waals surface area contributed by atoms with Crippen LogP contribution in [0.1, 0.15) is 117 Å². The molecule has 212 valence electrons. The van der Waals surface area contributed by atoms with Crippen LogP contribution >= 0.6 is 0 Å². The predicted molar refractivity (Wildman–Crippen MR) is 175 cm³/mol. The fraction of sp³-hybridized carbons (Fsp3) is 0.200. The van der Waals surface area contributed by atoms with Crippen molar-refractivity contribution >= 4 is 24.3 Å². The van der Waals surface area contributed by atoms with Crippen molar-refractivity contribution in [1.82, 2.24) is 19.9 Å². The molecule has 13 rings (SSSR count). The van der Waals surface area contributed by atoms with Gasteiger partial charge in [-0.05, 0) is 119 Å². The molecule has 44 heavy (non-hydrogen) atoms. The predicted octanol–water partition coefficient (Wildman–Crippen LogP) is 5.37. The molecular formula is C40H32N4. The summed E-state index contributed by atoms with van der Waals surface area (Å²) in [4.78, 5) is 15.3. The molecular weight excluding hydrogens is 536 g/mol. The summed E-state index contributed by atoms with van der Waals surface area (Å²) in [6.07, 6.45) is 14.2. The van der Waals surface area contributed by atoms with Crippen molar-refractivity contribution < 1.29 is 0 Å². The Hall–Kier alpha value is -4.96. The number of aromatic amines is 4. The van der Waals surface area contributed by atoms with Crippen LogP contribution in [-0.4, -0.2) is 19.9 Å². The van der Waals surface area contributed by atoms with E-state index >= 15 is 0 Å². The summed E-state index contributed by atoms with van der Waals surface area (Å²) in [6.45, 7) is 0. The first kappa shape index (κ1) is 23.5. The van der Waals surface area contributed by atoms with Gasteiger partial charge in [0.05, 0.1) is 0 Å². The van der Waals surface area contributed by atoms with Gasteiger partial charge in [-0.15, -0.1) is 0 Å². The van der Waals surface area contributed by atoms with Gasteiger partial charge in [0.2, 0.25) is 0 Å². The number of nitrogens with one attached hydrogen (secondary N) is 4. The number of fused-ring (bicyclic) bond motifs is 10. The SMILES string of the molecule is C1=c2[nH]c(c3c2C2CCC3c3ccccc32)=Cc2ccc([nH]2)C=c2[nH]c(c3c2C2CCC3c3ccccc32)=Cc2ccc1[nH]2. The molecule has 0 radical (unpaired) electrons. The van der Waals surface area contributed by atoms with Crippen LogP contribution < -0.4 is 21.4 Å². The Balaban J connectivity index is 1.18. The number of aromatic nitrogens is 4. The average Bonchev–Trinajstić information content (AvgIpc) is 3.86. The van der Waals surface area contributed by atoms with Gasteiger partial charge in [0.25, 0.3) is 0 Å². The highest BCUT2D eigenvalue weighted by Crippen LogP contribution is 2.51. The van der Waals surface area contributed by atoms with Crippen LogP contribution in [0.5, 0.6) is 0 Å². The number of benzene rings is 2. The molecule has 7 aliphatic rings. The maximum atomic E-state index is 3.91. The summed E-state index contributed by atoms with van der Waals surface area (Å²) < 4.78 is 0. The minimum atomic E-state index is 0.438. The maximum Gasteiger partial charge on any atom is 0.0447 e. The molecule has 6 aliphatic carbocycles. The van der Waals surface area contributed by atoms with Crippen molar-refractivity contribution in [2.45, 2.75) is 49.4 Å². The molecule has 4 atom stereocenters. The Morgan fingerprint density at radius 3 is 0.886 bits per heavy atom. The monoisotopic (exact) mass is 568 g/mol. The topological polar surface area (TPSA) is 63.2 Å². The van der Waals surface area contributed by atoms with E-state index in [-0.39, 0.29) is 0 Å². The van der Waals surface area contributed by atoms with Crippen LogP contribution in [-0.2, 0) is 0 Å². The highest BCUT2D eigenvalue weighted by molar-refractivity contribution is 5.65. The molecule has 0 saturated heterocycles. The second-order valence-electron chi connectivity index (χ2n) is 13.5. The van der Waals surface area contributed by atoms with E-state index in [1.165, 1.54) is 91.6 Å². The van der Waals surface area contributed by atoms with Crippen LogP contribution in [0.4, 0.5) is 0 Å². The van der Waals surface area contributed by atoms with Crippen molar-refractivity contribution in [3.05, 3.63) is 161 Å². The summed E-state index contributed by atoms with van der Waals surface area (Å²) in [7, 11) is 0. The first-order chi connectivity index (χ1) is 21.8. The molecule has 4 heteroatoms. The van der Waals surface area contributed by atoms with Gasteiger partial charge in [0.1, 0.15) is 0 Å². The quantitative estimate of drug-likeness (QED) is 0.190. The largest absolute Gasteiger partial charge is 0.355 e. The lowest BCUT2D eigenvalue weighted by Gasteiger charge is -2.38. The minimum Gasteiger partial charge on any atom is -0.355 e. The first-order valence-electron chi connectivity index (χ1n) is 16.2. The molecule has 2 aromatic carbocycles. The van der Waals surface area contributed by atoms with E-state index in [0.29, 0.717) is 23.7 Å². The van der Waals surface area contributed by atoms with E-state index in [2.05, 4.69) is 117 Å².